The molecule has 0 aromatic carbocycles. The van der Waals surface area contributed by atoms with Gasteiger partial charge in [0, 0.05) is 13.5 Å². The van der Waals surface area contributed by atoms with Gasteiger partial charge in [0.25, 0.3) is 0 Å². The number of ether oxygens (including phenoxy) is 1. The molecule has 6 nitrogen and oxygen atoms in total. The number of hydrogen-bond donors (Lipinski definition) is 3. The molecular weight excluding hydrogens is 258 g/mol. The van der Waals surface area contributed by atoms with E-state index in [2.05, 4.69) is 10.5 Å². The first-order valence-corrected chi connectivity index (χ1v) is 7.36. The molecule has 0 radical (unpaired) electrons. The molecule has 6 heteroatoms. The van der Waals surface area contributed by atoms with Crippen LogP contribution in [-0.2, 0) is 9.53 Å². The second kappa shape index (κ2) is 8.09. The molecule has 1 atom stereocenters. The standard InChI is InChI=1S/C14H27N3O3/c1-11(20-2)7-8-12(18)16-14(13(15)17-19)9-5-3-4-6-10-14/h11,19H,3-10H2,1-2H3,(H2,15,17)(H,16,18). The summed E-state index contributed by atoms with van der Waals surface area (Å²) in [4.78, 5) is 12.1. The van der Waals surface area contributed by atoms with Crippen LogP contribution in [-0.4, -0.2) is 35.7 Å². The molecule has 0 aromatic rings. The van der Waals surface area contributed by atoms with E-state index in [0.29, 0.717) is 12.8 Å². The van der Waals surface area contributed by atoms with E-state index in [1.807, 2.05) is 6.92 Å². The highest BCUT2D eigenvalue weighted by Gasteiger charge is 2.37. The van der Waals surface area contributed by atoms with Crippen LogP contribution >= 0.6 is 0 Å². The normalized spacial score (nSPS) is 21.0. The molecule has 4 N–H and O–H groups in total. The van der Waals surface area contributed by atoms with Crippen molar-refractivity contribution in [3.8, 4) is 0 Å². The predicted octanol–water partition coefficient (Wildman–Crippen LogP) is 1.76. The average Bonchev–Trinajstić information content (AvgIpc) is 2.70. The zero-order valence-corrected chi connectivity index (χ0v) is 12.5. The molecule has 0 saturated heterocycles. The Kier molecular flexibility index (Phi) is 6.78. The number of oxime groups is 1. The van der Waals surface area contributed by atoms with Crippen molar-refractivity contribution in [3.63, 3.8) is 0 Å². The van der Waals surface area contributed by atoms with E-state index in [4.69, 9.17) is 15.7 Å². The number of hydrogen-bond acceptors (Lipinski definition) is 4. The van der Waals surface area contributed by atoms with Crippen LogP contribution in [0.15, 0.2) is 5.16 Å². The molecule has 1 aliphatic rings. The lowest BCUT2D eigenvalue weighted by Gasteiger charge is -2.32. The van der Waals surface area contributed by atoms with Crippen molar-refractivity contribution in [2.75, 3.05) is 7.11 Å². The highest BCUT2D eigenvalue weighted by Crippen LogP contribution is 2.27. The average molecular weight is 285 g/mol. The van der Waals surface area contributed by atoms with Crippen LogP contribution in [0.1, 0.15) is 58.3 Å². The van der Waals surface area contributed by atoms with E-state index >= 15 is 0 Å². The number of rotatable bonds is 6. The third-order valence-corrected chi connectivity index (χ3v) is 4.11. The van der Waals surface area contributed by atoms with Gasteiger partial charge in [0.1, 0.15) is 5.54 Å². The molecule has 0 aromatic heterocycles. The second-order valence-corrected chi connectivity index (χ2v) is 5.61. The van der Waals surface area contributed by atoms with Crippen molar-refractivity contribution in [1.29, 1.82) is 0 Å². The van der Waals surface area contributed by atoms with Crippen LogP contribution in [0.5, 0.6) is 0 Å². The van der Waals surface area contributed by atoms with Crippen LogP contribution < -0.4 is 11.1 Å². The maximum Gasteiger partial charge on any atom is 0.220 e. The van der Waals surface area contributed by atoms with Crippen LogP contribution in [0.3, 0.4) is 0 Å². The van der Waals surface area contributed by atoms with Crippen LogP contribution in [0.2, 0.25) is 0 Å². The Labute approximate surface area is 120 Å². The van der Waals surface area contributed by atoms with E-state index in [0.717, 1.165) is 38.5 Å². The molecule has 1 saturated carbocycles. The Hall–Kier alpha value is -1.30. The molecule has 0 spiro atoms. The second-order valence-electron chi connectivity index (χ2n) is 5.61. The van der Waals surface area contributed by atoms with Gasteiger partial charge in [0.05, 0.1) is 6.10 Å². The number of nitrogens with two attached hydrogens (primary N) is 1. The van der Waals surface area contributed by atoms with Crippen molar-refractivity contribution in [3.05, 3.63) is 0 Å². The summed E-state index contributed by atoms with van der Waals surface area (Å²) in [5, 5.41) is 15.1. The van der Waals surface area contributed by atoms with E-state index < -0.39 is 5.54 Å². The van der Waals surface area contributed by atoms with Gasteiger partial charge in [-0.05, 0) is 26.2 Å². The van der Waals surface area contributed by atoms with Crippen molar-refractivity contribution in [1.82, 2.24) is 5.32 Å². The first kappa shape index (κ1) is 16.8. The third kappa shape index (κ3) is 4.67. The fourth-order valence-corrected chi connectivity index (χ4v) is 2.65. The van der Waals surface area contributed by atoms with E-state index in [-0.39, 0.29) is 17.8 Å². The lowest BCUT2D eigenvalue weighted by molar-refractivity contribution is -0.123. The van der Waals surface area contributed by atoms with Gasteiger partial charge < -0.3 is 21.0 Å². The predicted molar refractivity (Wildman–Crippen MR) is 77.7 cm³/mol. The minimum absolute atomic E-state index is 0.0506. The zero-order chi connectivity index (χ0) is 15.0. The highest BCUT2D eigenvalue weighted by atomic mass is 16.5. The summed E-state index contributed by atoms with van der Waals surface area (Å²) in [6, 6.07) is 0. The number of nitrogens with one attached hydrogen (secondary N) is 1. The summed E-state index contributed by atoms with van der Waals surface area (Å²) in [6.07, 6.45) is 6.76. The molecule has 20 heavy (non-hydrogen) atoms. The summed E-state index contributed by atoms with van der Waals surface area (Å²) < 4.78 is 5.14. The van der Waals surface area contributed by atoms with Gasteiger partial charge in [-0.3, -0.25) is 4.79 Å². The molecule has 1 fully saturated rings. The molecule has 116 valence electrons. The molecule has 0 aliphatic heterocycles. The molecule has 0 heterocycles. The fourth-order valence-electron chi connectivity index (χ4n) is 2.65. The van der Waals surface area contributed by atoms with Crippen molar-refractivity contribution in [2.45, 2.75) is 69.9 Å². The Balaban J connectivity index is 2.67. The quantitative estimate of drug-likeness (QED) is 0.228. The van der Waals surface area contributed by atoms with Crippen LogP contribution in [0.25, 0.3) is 0 Å². The smallest absolute Gasteiger partial charge is 0.220 e. The Morgan fingerprint density at radius 3 is 2.50 bits per heavy atom. The van der Waals surface area contributed by atoms with E-state index in [9.17, 15) is 4.79 Å². The molecule has 1 aliphatic carbocycles. The number of methoxy groups -OCH3 is 1. The summed E-state index contributed by atoms with van der Waals surface area (Å²) in [5.41, 5.74) is 5.16. The zero-order valence-electron chi connectivity index (χ0n) is 12.5. The SMILES string of the molecule is COC(C)CCC(=O)NC1(C(N)=NO)CCCCCC1. The van der Waals surface area contributed by atoms with E-state index in [1.54, 1.807) is 7.11 Å². The van der Waals surface area contributed by atoms with Gasteiger partial charge in [-0.25, -0.2) is 0 Å². The largest absolute Gasteiger partial charge is 0.409 e. The van der Waals surface area contributed by atoms with Crippen molar-refractivity contribution in [2.24, 2.45) is 10.9 Å². The number of amides is 1. The minimum atomic E-state index is -0.682. The topological polar surface area (TPSA) is 96.9 Å². The fraction of sp³-hybridized carbons (Fsp3) is 0.857. The molecule has 0 bridgehead atoms. The number of amidine groups is 1. The van der Waals surface area contributed by atoms with Gasteiger partial charge in [-0.1, -0.05) is 30.8 Å². The third-order valence-electron chi connectivity index (χ3n) is 4.11. The van der Waals surface area contributed by atoms with Gasteiger partial charge in [0.15, 0.2) is 5.84 Å². The minimum Gasteiger partial charge on any atom is -0.409 e. The van der Waals surface area contributed by atoms with Gasteiger partial charge in [-0.2, -0.15) is 0 Å². The molecule has 1 unspecified atom stereocenters. The van der Waals surface area contributed by atoms with Crippen molar-refractivity contribution < 1.29 is 14.7 Å². The van der Waals surface area contributed by atoms with Crippen LogP contribution in [0, 0.1) is 0 Å². The number of carbonyl (C=O) groups is 1. The number of nitrogens with zero attached hydrogens (tertiary/aromatic N) is 1. The number of carbonyl (C=O) groups excluding carboxylic acids is 1. The Morgan fingerprint density at radius 2 is 2.00 bits per heavy atom. The first-order chi connectivity index (χ1) is 9.54. The van der Waals surface area contributed by atoms with Gasteiger partial charge in [0.2, 0.25) is 5.91 Å². The highest BCUT2D eigenvalue weighted by molar-refractivity contribution is 5.93. The monoisotopic (exact) mass is 285 g/mol. The van der Waals surface area contributed by atoms with Gasteiger partial charge >= 0.3 is 0 Å². The van der Waals surface area contributed by atoms with Crippen LogP contribution in [0.4, 0.5) is 0 Å². The van der Waals surface area contributed by atoms with Gasteiger partial charge in [-0.15, -0.1) is 0 Å². The Morgan fingerprint density at radius 1 is 1.40 bits per heavy atom. The molecule has 1 rings (SSSR count). The summed E-state index contributed by atoms with van der Waals surface area (Å²) in [7, 11) is 1.63. The lowest BCUT2D eigenvalue weighted by atomic mass is 9.88. The lowest BCUT2D eigenvalue weighted by Crippen LogP contribution is -2.57. The summed E-state index contributed by atoms with van der Waals surface area (Å²) >= 11 is 0. The first-order valence-electron chi connectivity index (χ1n) is 7.36. The maximum atomic E-state index is 12.1. The maximum absolute atomic E-state index is 12.1. The summed E-state index contributed by atoms with van der Waals surface area (Å²) in [6.45, 7) is 1.93. The Bertz CT molecular complexity index is 337. The van der Waals surface area contributed by atoms with E-state index in [1.165, 1.54) is 0 Å². The summed E-state index contributed by atoms with van der Waals surface area (Å²) in [5.74, 6) is 0.0509. The molecule has 1 amide bonds. The van der Waals surface area contributed by atoms with Crippen molar-refractivity contribution >= 4 is 11.7 Å². The molecular formula is C14H27N3O3.